The number of nitrogens with two attached hydrogens (primary N) is 1. The van der Waals surface area contributed by atoms with Crippen molar-refractivity contribution in [3.05, 3.63) is 0 Å². The quantitative estimate of drug-likeness (QED) is 0.175. The van der Waals surface area contributed by atoms with E-state index < -0.39 is 62.7 Å². The first kappa shape index (κ1) is 26.8. The van der Waals surface area contributed by atoms with Crippen LogP contribution in [-0.4, -0.2) is 83.2 Å². The van der Waals surface area contributed by atoms with Crippen LogP contribution < -0.4 is 5.73 Å². The van der Waals surface area contributed by atoms with E-state index in [2.05, 4.69) is 0 Å². The Bertz CT molecular complexity index is 720. The van der Waals surface area contributed by atoms with Crippen molar-refractivity contribution in [3.8, 4) is 0 Å². The predicted molar refractivity (Wildman–Crippen MR) is 102 cm³/mol. The van der Waals surface area contributed by atoms with E-state index in [4.69, 9.17) is 15.9 Å². The second-order valence-electron chi connectivity index (χ2n) is 6.34. The fourth-order valence-electron chi connectivity index (χ4n) is 3.15. The molecule has 11 nitrogen and oxygen atoms in total. The number of thioether (sulfide) groups is 1. The van der Waals surface area contributed by atoms with E-state index in [0.717, 1.165) is 20.8 Å². The molecule has 0 aliphatic carbocycles. The Balaban J connectivity index is 0.00000729. The molecule has 0 spiro atoms. The first-order valence-electron chi connectivity index (χ1n) is 7.64. The lowest BCUT2D eigenvalue weighted by molar-refractivity contribution is -0.311. The fourth-order valence-corrected chi connectivity index (χ4v) is 4.07. The molecule has 1 fully saturated rings. The van der Waals surface area contributed by atoms with Crippen molar-refractivity contribution in [2.45, 2.75) is 62.1 Å². The van der Waals surface area contributed by atoms with Gasteiger partial charge in [-0.15, -0.1) is 17.0 Å². The number of ether oxygens (including phenoxy) is 1. The number of hydrogen-bond acceptors (Lipinski definition) is 11. The first-order valence-corrected chi connectivity index (χ1v) is 8.52. The molecule has 0 aromatic rings. The van der Waals surface area contributed by atoms with Crippen LogP contribution in [0.4, 0.5) is 0 Å². The maximum absolute atomic E-state index is 12.3. The largest absolute Gasteiger partial charge is 0.382 e. The molecule has 160 valence electrons. The molecule has 0 aromatic carbocycles. The lowest BCUT2D eigenvalue weighted by Crippen LogP contribution is -2.86. The number of hydrogen-bond donors (Lipinski definition) is 6. The molecule has 0 amide bonds. The van der Waals surface area contributed by atoms with E-state index in [9.17, 15) is 39.6 Å². The van der Waals surface area contributed by atoms with E-state index >= 15 is 0 Å². The molecule has 1 heterocycles. The monoisotopic (exact) mass is 486 g/mol. The molecule has 1 rings (SSSR count). The van der Waals surface area contributed by atoms with E-state index in [1.165, 1.54) is 0 Å². The number of aliphatic hydroxyl groups is 4. The topological polar surface area (TPSA) is 208 Å². The third kappa shape index (κ3) is 3.56. The number of halogens is 1. The minimum atomic E-state index is -3.51. The summed E-state index contributed by atoms with van der Waals surface area (Å²) in [5.74, 6) is -5.03. The third-order valence-corrected chi connectivity index (χ3v) is 5.57. The highest BCUT2D eigenvalue weighted by Crippen LogP contribution is 2.50. The van der Waals surface area contributed by atoms with E-state index in [1.54, 1.807) is 0 Å². The van der Waals surface area contributed by atoms with Crippen LogP contribution in [0.25, 0.3) is 0 Å². The Labute approximate surface area is 174 Å². The van der Waals surface area contributed by atoms with Crippen LogP contribution >= 0.6 is 28.7 Å². The number of rotatable bonds is 6. The molecule has 0 bridgehead atoms. The SMILES string of the molecule is Br.CC(=O)C(O)[C@H]1O[C@@H](SC(=N)N)[C@](O)(C(C)=O)[C@](O)(C(C)=O)[C@@]1(O)C(C)=O. The van der Waals surface area contributed by atoms with Gasteiger partial charge >= 0.3 is 0 Å². The lowest BCUT2D eigenvalue weighted by Gasteiger charge is -2.58. The van der Waals surface area contributed by atoms with Crippen LogP contribution in [-0.2, 0) is 23.9 Å². The molecule has 0 saturated carbocycles. The van der Waals surface area contributed by atoms with Gasteiger partial charge in [-0.05, 0) is 27.7 Å². The van der Waals surface area contributed by atoms with Crippen molar-refractivity contribution in [2.75, 3.05) is 0 Å². The van der Waals surface area contributed by atoms with Crippen LogP contribution in [0.5, 0.6) is 0 Å². The van der Waals surface area contributed by atoms with Crippen LogP contribution in [0.2, 0.25) is 0 Å². The summed E-state index contributed by atoms with van der Waals surface area (Å²) in [6, 6.07) is 0. The van der Waals surface area contributed by atoms with Gasteiger partial charge in [0.25, 0.3) is 0 Å². The van der Waals surface area contributed by atoms with E-state index in [1.807, 2.05) is 0 Å². The fraction of sp³-hybridized carbons (Fsp3) is 0.667. The molecule has 13 heteroatoms. The normalized spacial score (nSPS) is 36.0. The highest BCUT2D eigenvalue weighted by atomic mass is 79.9. The van der Waals surface area contributed by atoms with Crippen molar-refractivity contribution >= 4 is 57.0 Å². The van der Waals surface area contributed by atoms with Crippen LogP contribution in [0, 0.1) is 5.41 Å². The Morgan fingerprint density at radius 2 is 1.43 bits per heavy atom. The minimum absolute atomic E-state index is 0. The molecule has 1 saturated heterocycles. The number of nitrogens with one attached hydrogen (secondary N) is 1. The van der Waals surface area contributed by atoms with Crippen LogP contribution in [0.3, 0.4) is 0 Å². The summed E-state index contributed by atoms with van der Waals surface area (Å²) < 4.78 is 5.24. The minimum Gasteiger partial charge on any atom is -0.382 e. The first-order chi connectivity index (χ1) is 12.1. The Kier molecular flexibility index (Phi) is 8.27. The zero-order valence-corrected chi connectivity index (χ0v) is 18.0. The van der Waals surface area contributed by atoms with E-state index in [-0.39, 0.29) is 28.7 Å². The number of Topliss-reactive ketones (excluding diaryl/α,β-unsaturated/α-hetero) is 4. The summed E-state index contributed by atoms with van der Waals surface area (Å²) >= 11 is 0.187. The zero-order valence-electron chi connectivity index (χ0n) is 15.5. The summed E-state index contributed by atoms with van der Waals surface area (Å²) in [6.07, 6.45) is -4.45. The van der Waals surface area contributed by atoms with E-state index in [0.29, 0.717) is 6.92 Å². The molecule has 6 atom stereocenters. The molecule has 7 N–H and O–H groups in total. The smallest absolute Gasteiger partial charge is 0.200 e. The summed E-state index contributed by atoms with van der Waals surface area (Å²) in [5.41, 5.74) is -6.87. The number of aliphatic hydroxyl groups excluding tert-OH is 1. The van der Waals surface area contributed by atoms with Gasteiger partial charge in [0, 0.05) is 0 Å². The number of amidine groups is 1. The molecule has 1 aliphatic heterocycles. The predicted octanol–water partition coefficient (Wildman–Crippen LogP) is -2.17. The van der Waals surface area contributed by atoms with Gasteiger partial charge < -0.3 is 30.9 Å². The van der Waals surface area contributed by atoms with Crippen molar-refractivity contribution in [2.24, 2.45) is 5.73 Å². The maximum atomic E-state index is 12.3. The average molecular weight is 487 g/mol. The van der Waals surface area contributed by atoms with Gasteiger partial charge in [0.2, 0.25) is 5.60 Å². The molecular formula is C15H23BrN2O9S. The highest BCUT2D eigenvalue weighted by Gasteiger charge is 2.79. The standard InChI is InChI=1S/C15H22N2O9S.BrH/c1-5(18)9(22)10-13(23,6(2)19)15(25,8(4)21)14(24,7(3)20)11(26-10)27-12(16)17;/h9-11,22-25H,1-4H3,(H3,16,17);1H/t9?,10-,11+,13-,14-,15+;/m1./s1. The molecule has 28 heavy (non-hydrogen) atoms. The number of carbonyl (C=O) groups is 4. The Morgan fingerprint density at radius 1 is 1.00 bits per heavy atom. The van der Waals surface area contributed by atoms with Crippen LogP contribution in [0.1, 0.15) is 27.7 Å². The van der Waals surface area contributed by atoms with Gasteiger partial charge in [0.05, 0.1) is 0 Å². The van der Waals surface area contributed by atoms with Crippen molar-refractivity contribution in [1.82, 2.24) is 0 Å². The summed E-state index contributed by atoms with van der Waals surface area (Å²) in [4.78, 5) is 48.5. The third-order valence-electron chi connectivity index (χ3n) is 4.65. The molecule has 0 radical (unpaired) electrons. The highest BCUT2D eigenvalue weighted by molar-refractivity contribution is 8.93. The summed E-state index contributed by atoms with van der Waals surface area (Å²) in [6.45, 7) is 3.06. The van der Waals surface area contributed by atoms with Gasteiger partial charge in [-0.1, -0.05) is 11.8 Å². The number of ketones is 4. The van der Waals surface area contributed by atoms with Gasteiger partial charge in [0.1, 0.15) is 12.2 Å². The Morgan fingerprint density at radius 3 is 1.71 bits per heavy atom. The second-order valence-corrected chi connectivity index (χ2v) is 7.44. The number of carbonyl (C=O) groups excluding carboxylic acids is 4. The molecule has 1 unspecified atom stereocenters. The van der Waals surface area contributed by atoms with Crippen molar-refractivity contribution < 1.29 is 44.3 Å². The van der Waals surface area contributed by atoms with Gasteiger partial charge in [0.15, 0.2) is 44.9 Å². The Hall–Kier alpha value is -1.22. The summed E-state index contributed by atoms with van der Waals surface area (Å²) in [5, 5.41) is 49.8. The van der Waals surface area contributed by atoms with Crippen molar-refractivity contribution in [3.63, 3.8) is 0 Å². The van der Waals surface area contributed by atoms with Gasteiger partial charge in [-0.2, -0.15) is 0 Å². The lowest BCUT2D eigenvalue weighted by atomic mass is 9.60. The van der Waals surface area contributed by atoms with Gasteiger partial charge in [-0.25, -0.2) is 0 Å². The second kappa shape index (κ2) is 8.65. The zero-order chi connectivity index (χ0) is 21.5. The average Bonchev–Trinajstić information content (AvgIpc) is 2.53. The molecule has 1 aliphatic rings. The summed E-state index contributed by atoms with van der Waals surface area (Å²) in [7, 11) is 0. The van der Waals surface area contributed by atoms with Crippen LogP contribution in [0.15, 0.2) is 0 Å². The molecule has 0 aromatic heterocycles. The molecular weight excluding hydrogens is 464 g/mol. The van der Waals surface area contributed by atoms with Gasteiger partial charge in [-0.3, -0.25) is 24.6 Å². The maximum Gasteiger partial charge on any atom is 0.200 e. The van der Waals surface area contributed by atoms with Crippen molar-refractivity contribution in [1.29, 1.82) is 5.41 Å².